The maximum Gasteiger partial charge on any atom is 0.511 e. The Bertz CT molecular complexity index is 1380. The molecule has 2 aliphatic heterocycles. The topological polar surface area (TPSA) is 102 Å². The van der Waals surface area contributed by atoms with Crippen LogP contribution < -0.4 is 5.32 Å². The summed E-state index contributed by atoms with van der Waals surface area (Å²) in [6, 6.07) is 9.57. The molecule has 186 valence electrons. The van der Waals surface area contributed by atoms with E-state index in [-0.39, 0.29) is 25.9 Å². The molecule has 1 fully saturated rings. The summed E-state index contributed by atoms with van der Waals surface area (Å²) >= 11 is 0. The normalized spacial score (nSPS) is 18.6. The van der Waals surface area contributed by atoms with Crippen molar-refractivity contribution in [1.29, 1.82) is 0 Å². The van der Waals surface area contributed by atoms with Crippen molar-refractivity contribution in [1.82, 2.24) is 19.1 Å². The van der Waals surface area contributed by atoms with Crippen LogP contribution in [0.1, 0.15) is 31.7 Å². The van der Waals surface area contributed by atoms with Gasteiger partial charge in [-0.3, -0.25) is 0 Å². The number of sulfonamides is 1. The lowest BCUT2D eigenvalue weighted by molar-refractivity contribution is -0.0648. The summed E-state index contributed by atoms with van der Waals surface area (Å²) in [5, 5.41) is 12.9. The zero-order valence-electron chi connectivity index (χ0n) is 18.8. The van der Waals surface area contributed by atoms with Crippen LogP contribution in [0, 0.1) is 0 Å². The molecule has 0 saturated carbocycles. The fraction of sp³-hybridized carbons (Fsp3) is 0.409. The highest BCUT2D eigenvalue weighted by Gasteiger charge is 2.53. The van der Waals surface area contributed by atoms with Gasteiger partial charge in [0.2, 0.25) is 0 Å². The molecule has 3 aromatic rings. The van der Waals surface area contributed by atoms with Crippen LogP contribution in [0.5, 0.6) is 0 Å². The minimum atomic E-state index is -5.37. The minimum Gasteiger partial charge on any atom is -0.388 e. The minimum absolute atomic E-state index is 0.0974. The zero-order chi connectivity index (χ0) is 24.8. The molecule has 0 radical (unpaired) electrons. The van der Waals surface area contributed by atoms with Crippen molar-refractivity contribution in [2.45, 2.75) is 43.8 Å². The molecular formula is C22H23F3N6O3S. The fourth-order valence-electron chi connectivity index (χ4n) is 4.49. The Labute approximate surface area is 199 Å². The highest BCUT2D eigenvalue weighted by molar-refractivity contribution is 7.90. The van der Waals surface area contributed by atoms with Crippen molar-refractivity contribution in [2.75, 3.05) is 18.4 Å². The highest BCUT2D eigenvalue weighted by Crippen LogP contribution is 2.41. The molecule has 1 spiro atoms. The SMILES string of the molecule is CCn1ncc2c(Nc3ccccc3)c(C3=NOC4(CCN(S(=O)(=O)C(F)(F)F)CC4)C3)cnc21. The summed E-state index contributed by atoms with van der Waals surface area (Å²) in [4.78, 5) is 10.3. The van der Waals surface area contributed by atoms with E-state index < -0.39 is 21.1 Å². The Kier molecular flexibility index (Phi) is 5.71. The van der Waals surface area contributed by atoms with Crippen molar-refractivity contribution < 1.29 is 26.4 Å². The second-order valence-electron chi connectivity index (χ2n) is 8.57. The van der Waals surface area contributed by atoms with Crippen molar-refractivity contribution in [3.63, 3.8) is 0 Å². The van der Waals surface area contributed by atoms with E-state index in [1.165, 1.54) is 0 Å². The van der Waals surface area contributed by atoms with Crippen LogP contribution in [0.2, 0.25) is 0 Å². The smallest absolute Gasteiger partial charge is 0.388 e. The average Bonchev–Trinajstić information content (AvgIpc) is 3.44. The lowest BCUT2D eigenvalue weighted by Crippen LogP contribution is -2.50. The maximum absolute atomic E-state index is 12.9. The Morgan fingerprint density at radius 2 is 1.86 bits per heavy atom. The molecule has 2 aliphatic rings. The number of aromatic nitrogens is 3. The van der Waals surface area contributed by atoms with Gasteiger partial charge in [-0.2, -0.15) is 22.6 Å². The summed E-state index contributed by atoms with van der Waals surface area (Å²) in [6.07, 6.45) is 3.94. The summed E-state index contributed by atoms with van der Waals surface area (Å²) in [6.45, 7) is 2.03. The number of aryl methyl sites for hydroxylation is 1. The quantitative estimate of drug-likeness (QED) is 0.559. The monoisotopic (exact) mass is 508 g/mol. The van der Waals surface area contributed by atoms with E-state index in [4.69, 9.17) is 4.84 Å². The van der Waals surface area contributed by atoms with Crippen LogP contribution in [0.25, 0.3) is 11.0 Å². The summed E-state index contributed by atoms with van der Waals surface area (Å²) in [7, 11) is -5.37. The van der Waals surface area contributed by atoms with E-state index in [0.29, 0.717) is 34.2 Å². The standard InChI is InChI=1S/C22H23F3N6O3S/c1-2-31-20-17(14-27-31)19(28-15-6-4-3-5-7-15)16(13-26-20)18-12-21(34-29-18)8-10-30(11-9-21)35(32,33)22(23,24)25/h3-7,13-14H,2,8-12H2,1H3,(H,26,28). The summed E-state index contributed by atoms with van der Waals surface area (Å²) < 4.78 is 64.6. The molecule has 0 amide bonds. The molecule has 13 heteroatoms. The van der Waals surface area contributed by atoms with E-state index in [0.717, 1.165) is 16.8 Å². The first-order valence-electron chi connectivity index (χ1n) is 11.1. The molecule has 2 aromatic heterocycles. The first kappa shape index (κ1) is 23.5. The number of rotatable bonds is 5. The Hall–Kier alpha value is -3.19. The molecule has 1 aromatic carbocycles. The number of anilines is 2. The number of nitrogens with one attached hydrogen (secondary N) is 1. The molecule has 1 N–H and O–H groups in total. The number of halogens is 3. The molecular weight excluding hydrogens is 485 g/mol. The fourth-order valence-corrected chi connectivity index (χ4v) is 5.45. The number of para-hydroxylation sites is 1. The van der Waals surface area contributed by atoms with Gasteiger partial charge in [-0.1, -0.05) is 23.4 Å². The summed E-state index contributed by atoms with van der Waals surface area (Å²) in [5.41, 5.74) is -2.59. The van der Waals surface area contributed by atoms with Crippen LogP contribution in [0.4, 0.5) is 24.5 Å². The van der Waals surface area contributed by atoms with Crippen molar-refractivity contribution in [3.05, 3.63) is 48.3 Å². The van der Waals surface area contributed by atoms with E-state index in [1.807, 2.05) is 37.3 Å². The second kappa shape index (κ2) is 8.48. The average molecular weight is 509 g/mol. The molecule has 0 atom stereocenters. The van der Waals surface area contributed by atoms with Crippen LogP contribution in [0.3, 0.4) is 0 Å². The molecule has 35 heavy (non-hydrogen) atoms. The molecule has 1 saturated heterocycles. The summed E-state index contributed by atoms with van der Waals surface area (Å²) in [5.74, 6) is 0. The first-order chi connectivity index (χ1) is 16.6. The maximum atomic E-state index is 12.9. The number of pyridine rings is 1. The van der Waals surface area contributed by atoms with Gasteiger partial charge in [0.25, 0.3) is 0 Å². The van der Waals surface area contributed by atoms with Crippen LogP contribution in [-0.2, 0) is 21.4 Å². The molecule has 0 unspecified atom stereocenters. The molecule has 4 heterocycles. The van der Waals surface area contributed by atoms with Crippen LogP contribution in [0.15, 0.2) is 47.9 Å². The van der Waals surface area contributed by atoms with Crippen molar-refractivity contribution in [2.24, 2.45) is 5.16 Å². The van der Waals surface area contributed by atoms with Gasteiger partial charge in [-0.15, -0.1) is 0 Å². The Morgan fingerprint density at radius 3 is 2.51 bits per heavy atom. The predicted molar refractivity (Wildman–Crippen MR) is 124 cm³/mol. The van der Waals surface area contributed by atoms with E-state index in [1.54, 1.807) is 17.1 Å². The number of fused-ring (bicyclic) bond motifs is 1. The molecule has 9 nitrogen and oxygen atoms in total. The number of alkyl halides is 3. The lowest BCUT2D eigenvalue weighted by atomic mass is 9.86. The number of piperidine rings is 1. The predicted octanol–water partition coefficient (Wildman–Crippen LogP) is 4.00. The number of hydrogen-bond acceptors (Lipinski definition) is 7. The van der Waals surface area contributed by atoms with Crippen LogP contribution >= 0.6 is 0 Å². The van der Waals surface area contributed by atoms with Gasteiger partial charge in [0.15, 0.2) is 5.65 Å². The first-order valence-corrected chi connectivity index (χ1v) is 12.6. The van der Waals surface area contributed by atoms with Gasteiger partial charge in [0, 0.05) is 56.3 Å². The van der Waals surface area contributed by atoms with E-state index in [2.05, 4.69) is 20.6 Å². The van der Waals surface area contributed by atoms with Crippen molar-refractivity contribution in [3.8, 4) is 0 Å². The zero-order valence-corrected chi connectivity index (χ0v) is 19.6. The number of hydrogen-bond donors (Lipinski definition) is 1. The molecule has 5 rings (SSSR count). The van der Waals surface area contributed by atoms with E-state index in [9.17, 15) is 21.6 Å². The number of benzene rings is 1. The van der Waals surface area contributed by atoms with E-state index >= 15 is 0 Å². The van der Waals surface area contributed by atoms with Crippen LogP contribution in [-0.4, -0.2) is 57.4 Å². The Morgan fingerprint density at radius 1 is 1.14 bits per heavy atom. The highest BCUT2D eigenvalue weighted by atomic mass is 32.2. The number of nitrogens with zero attached hydrogens (tertiary/aromatic N) is 5. The van der Waals surface area contributed by atoms with Gasteiger partial charge < -0.3 is 10.2 Å². The van der Waals surface area contributed by atoms with Gasteiger partial charge in [-0.05, 0) is 19.1 Å². The van der Waals surface area contributed by atoms with Gasteiger partial charge in [0.05, 0.1) is 23.0 Å². The molecule has 0 bridgehead atoms. The van der Waals surface area contributed by atoms with Crippen molar-refractivity contribution >= 4 is 38.1 Å². The van der Waals surface area contributed by atoms with Gasteiger partial charge in [-0.25, -0.2) is 18.1 Å². The third-order valence-electron chi connectivity index (χ3n) is 6.42. The largest absolute Gasteiger partial charge is 0.511 e. The third-order valence-corrected chi connectivity index (χ3v) is 8.05. The number of oxime groups is 1. The van der Waals surface area contributed by atoms with Gasteiger partial charge in [0.1, 0.15) is 5.60 Å². The van der Waals surface area contributed by atoms with Gasteiger partial charge >= 0.3 is 15.5 Å². The molecule has 0 aliphatic carbocycles. The Balaban J connectivity index is 1.42. The lowest BCUT2D eigenvalue weighted by Gasteiger charge is -2.36. The second-order valence-corrected chi connectivity index (χ2v) is 10.5. The third kappa shape index (κ3) is 4.12.